The summed E-state index contributed by atoms with van der Waals surface area (Å²) in [6.45, 7) is 1.97. The molecule has 0 radical (unpaired) electrons. The molecule has 0 spiro atoms. The smallest absolute Gasteiger partial charge is 0.259 e. The Morgan fingerprint density at radius 1 is 1.35 bits per heavy atom. The number of aromatic nitrogens is 1. The minimum atomic E-state index is -2.97. The SMILES string of the molecule is Cc1c(C#N)cnc(N2CCCC(F)(F)CC2)c1C(=O)Nc1cccc([S@](C)(=N)=O)c1. The van der Waals surface area contributed by atoms with Crippen molar-refractivity contribution in [1.82, 2.24) is 4.98 Å². The summed E-state index contributed by atoms with van der Waals surface area (Å²) in [7, 11) is -2.97. The second-order valence-corrected chi connectivity index (χ2v) is 9.79. The van der Waals surface area contributed by atoms with Gasteiger partial charge in [-0.2, -0.15) is 5.26 Å². The van der Waals surface area contributed by atoms with Crippen molar-refractivity contribution in [3.8, 4) is 6.07 Å². The quantitative estimate of drug-likeness (QED) is 0.731. The molecule has 31 heavy (non-hydrogen) atoms. The maximum Gasteiger partial charge on any atom is 0.259 e. The van der Waals surface area contributed by atoms with E-state index in [1.807, 2.05) is 6.07 Å². The maximum atomic E-state index is 13.8. The molecule has 1 aromatic carbocycles. The third kappa shape index (κ3) is 5.17. The van der Waals surface area contributed by atoms with Gasteiger partial charge < -0.3 is 10.2 Å². The summed E-state index contributed by atoms with van der Waals surface area (Å²) in [4.78, 5) is 19.4. The second kappa shape index (κ2) is 8.59. The van der Waals surface area contributed by atoms with Crippen LogP contribution in [0.15, 0.2) is 35.4 Å². The van der Waals surface area contributed by atoms with Gasteiger partial charge in [-0.15, -0.1) is 0 Å². The van der Waals surface area contributed by atoms with Crippen LogP contribution in [0.5, 0.6) is 0 Å². The number of pyridine rings is 1. The fraction of sp³-hybridized carbons (Fsp3) is 0.381. The molecule has 0 bridgehead atoms. The van der Waals surface area contributed by atoms with Crippen molar-refractivity contribution < 1.29 is 17.8 Å². The largest absolute Gasteiger partial charge is 0.356 e. The second-order valence-electron chi connectivity index (χ2n) is 7.63. The molecule has 1 atom stereocenters. The van der Waals surface area contributed by atoms with Crippen molar-refractivity contribution >= 4 is 27.1 Å². The summed E-state index contributed by atoms with van der Waals surface area (Å²) in [6.07, 6.45) is 2.32. The molecule has 1 fully saturated rings. The van der Waals surface area contributed by atoms with Crippen molar-refractivity contribution in [2.24, 2.45) is 0 Å². The van der Waals surface area contributed by atoms with E-state index in [1.54, 1.807) is 24.0 Å². The molecule has 1 aromatic heterocycles. The minimum Gasteiger partial charge on any atom is -0.356 e. The van der Waals surface area contributed by atoms with Crippen molar-refractivity contribution in [3.05, 3.63) is 47.2 Å². The number of rotatable bonds is 4. The lowest BCUT2D eigenvalue weighted by molar-refractivity contribution is -0.0102. The Balaban J connectivity index is 1.99. The molecule has 164 valence electrons. The minimum absolute atomic E-state index is 0.0395. The van der Waals surface area contributed by atoms with E-state index in [2.05, 4.69) is 10.3 Å². The van der Waals surface area contributed by atoms with E-state index in [9.17, 15) is 23.0 Å². The third-order valence-electron chi connectivity index (χ3n) is 5.23. The lowest BCUT2D eigenvalue weighted by Crippen LogP contribution is -2.30. The van der Waals surface area contributed by atoms with Gasteiger partial charge in [0.2, 0.25) is 5.92 Å². The van der Waals surface area contributed by atoms with Gasteiger partial charge in [0, 0.05) is 49.0 Å². The lowest BCUT2D eigenvalue weighted by Gasteiger charge is -2.25. The lowest BCUT2D eigenvalue weighted by atomic mass is 10.0. The fourth-order valence-electron chi connectivity index (χ4n) is 3.50. The molecule has 2 N–H and O–H groups in total. The van der Waals surface area contributed by atoms with Crippen LogP contribution >= 0.6 is 0 Å². The average molecular weight is 448 g/mol. The summed E-state index contributed by atoms with van der Waals surface area (Å²) in [5, 5.41) is 12.1. The Kier molecular flexibility index (Phi) is 6.27. The number of alkyl halides is 2. The molecule has 1 aliphatic rings. The summed E-state index contributed by atoms with van der Waals surface area (Å²) < 4.78 is 47.4. The predicted molar refractivity (Wildman–Crippen MR) is 114 cm³/mol. The first-order chi connectivity index (χ1) is 14.5. The monoisotopic (exact) mass is 447 g/mol. The van der Waals surface area contributed by atoms with Crippen LogP contribution in [-0.4, -0.2) is 40.4 Å². The van der Waals surface area contributed by atoms with Gasteiger partial charge in [-0.3, -0.25) is 4.79 Å². The first kappa shape index (κ1) is 22.6. The zero-order valence-corrected chi connectivity index (χ0v) is 18.1. The van der Waals surface area contributed by atoms with Gasteiger partial charge in [-0.1, -0.05) is 6.07 Å². The Labute approximate surface area is 180 Å². The number of carbonyl (C=O) groups is 1. The number of hydrogen-bond acceptors (Lipinski definition) is 6. The van der Waals surface area contributed by atoms with Crippen LogP contribution in [0.2, 0.25) is 0 Å². The number of benzene rings is 1. The normalized spacial score (nSPS) is 17.8. The van der Waals surface area contributed by atoms with Crippen LogP contribution in [-0.2, 0) is 9.73 Å². The standard InChI is InChI=1S/C21H23F2N5O2S/c1-14-15(12-24)13-26-19(28-9-4-7-21(22,23)8-10-28)18(14)20(29)27-16-5-3-6-17(11-16)31(2,25)30/h3,5-6,11,13,25H,4,7-10H2,1-2H3,(H,27,29)/t31-/m1/s1. The zero-order valence-electron chi connectivity index (χ0n) is 17.2. The fourth-order valence-corrected chi connectivity index (χ4v) is 4.19. The van der Waals surface area contributed by atoms with Crippen LogP contribution < -0.4 is 10.2 Å². The first-order valence-electron chi connectivity index (χ1n) is 9.69. The van der Waals surface area contributed by atoms with Crippen LogP contribution in [0.3, 0.4) is 0 Å². The third-order valence-corrected chi connectivity index (χ3v) is 6.38. The van der Waals surface area contributed by atoms with Crippen LogP contribution in [0, 0.1) is 23.0 Å². The number of hydrogen-bond donors (Lipinski definition) is 2. The van der Waals surface area contributed by atoms with E-state index in [0.29, 0.717) is 17.8 Å². The first-order valence-corrected chi connectivity index (χ1v) is 11.7. The summed E-state index contributed by atoms with van der Waals surface area (Å²) in [5.74, 6) is -3.07. The molecule has 7 nitrogen and oxygen atoms in total. The number of anilines is 2. The van der Waals surface area contributed by atoms with Crippen molar-refractivity contribution in [3.63, 3.8) is 0 Å². The molecule has 1 aliphatic heterocycles. The Bertz CT molecular complexity index is 1160. The number of amides is 1. The Morgan fingerprint density at radius 3 is 2.77 bits per heavy atom. The van der Waals surface area contributed by atoms with E-state index in [-0.39, 0.29) is 47.6 Å². The molecule has 10 heteroatoms. The van der Waals surface area contributed by atoms with Gasteiger partial charge in [0.05, 0.1) is 20.9 Å². The van der Waals surface area contributed by atoms with E-state index >= 15 is 0 Å². The van der Waals surface area contributed by atoms with Crippen molar-refractivity contribution in [2.45, 2.75) is 37.0 Å². The number of nitriles is 1. The van der Waals surface area contributed by atoms with Crippen LogP contribution in [0.4, 0.5) is 20.3 Å². The molecule has 3 rings (SSSR count). The van der Waals surface area contributed by atoms with E-state index in [0.717, 1.165) is 0 Å². The molecular formula is C21H23F2N5O2S. The molecule has 0 unspecified atom stereocenters. The highest BCUT2D eigenvalue weighted by Gasteiger charge is 2.33. The Morgan fingerprint density at radius 2 is 2.10 bits per heavy atom. The molecule has 2 heterocycles. The average Bonchev–Trinajstić information content (AvgIpc) is 2.87. The summed E-state index contributed by atoms with van der Waals surface area (Å²) in [6, 6.07) is 8.16. The van der Waals surface area contributed by atoms with E-state index in [4.69, 9.17) is 4.78 Å². The molecular weight excluding hydrogens is 424 g/mol. The maximum absolute atomic E-state index is 13.8. The van der Waals surface area contributed by atoms with Gasteiger partial charge in [-0.25, -0.2) is 22.8 Å². The van der Waals surface area contributed by atoms with Gasteiger partial charge in [0.25, 0.3) is 5.91 Å². The van der Waals surface area contributed by atoms with Crippen molar-refractivity contribution in [1.29, 1.82) is 10.0 Å². The molecule has 2 aromatic rings. The summed E-state index contributed by atoms with van der Waals surface area (Å²) >= 11 is 0. The zero-order chi connectivity index (χ0) is 22.8. The highest BCUT2D eigenvalue weighted by Crippen LogP contribution is 2.32. The van der Waals surface area contributed by atoms with Crippen LogP contribution in [0.1, 0.15) is 40.7 Å². The highest BCUT2D eigenvalue weighted by molar-refractivity contribution is 7.91. The van der Waals surface area contributed by atoms with Gasteiger partial charge >= 0.3 is 0 Å². The van der Waals surface area contributed by atoms with Crippen LogP contribution in [0.25, 0.3) is 0 Å². The highest BCUT2D eigenvalue weighted by atomic mass is 32.2. The predicted octanol–water partition coefficient (Wildman–Crippen LogP) is 4.18. The number of carbonyl (C=O) groups excluding carboxylic acids is 1. The van der Waals surface area contributed by atoms with Gasteiger partial charge in [-0.05, 0) is 37.1 Å². The Hall–Kier alpha value is -3.06. The van der Waals surface area contributed by atoms with E-state index < -0.39 is 21.6 Å². The topological polar surface area (TPSA) is 110 Å². The molecule has 0 aliphatic carbocycles. The van der Waals surface area contributed by atoms with Gasteiger partial charge in [0.1, 0.15) is 11.9 Å². The van der Waals surface area contributed by atoms with E-state index in [1.165, 1.54) is 24.6 Å². The molecule has 1 saturated heterocycles. The molecule has 1 amide bonds. The molecule has 0 saturated carbocycles. The number of nitrogens with zero attached hydrogens (tertiary/aromatic N) is 3. The number of halogens is 2. The van der Waals surface area contributed by atoms with Gasteiger partial charge in [0.15, 0.2) is 0 Å². The van der Waals surface area contributed by atoms with Crippen molar-refractivity contribution in [2.75, 3.05) is 29.6 Å². The number of nitrogens with one attached hydrogen (secondary N) is 2. The summed E-state index contributed by atoms with van der Waals surface area (Å²) in [5.41, 5.74) is 1.08.